The molecule has 0 bridgehead atoms. The van der Waals surface area contributed by atoms with Crippen LogP contribution in [0.4, 0.5) is 0 Å². The van der Waals surface area contributed by atoms with E-state index in [-0.39, 0.29) is 6.04 Å². The lowest BCUT2D eigenvalue weighted by atomic mass is 10.1. The fourth-order valence-corrected chi connectivity index (χ4v) is 2.44. The van der Waals surface area contributed by atoms with Crippen molar-refractivity contribution in [2.24, 2.45) is 5.73 Å². The van der Waals surface area contributed by atoms with Crippen molar-refractivity contribution in [1.82, 2.24) is 0 Å². The summed E-state index contributed by atoms with van der Waals surface area (Å²) in [5.74, 6) is 0.662. The highest BCUT2D eigenvalue weighted by Crippen LogP contribution is 2.33. The molecule has 1 atom stereocenters. The minimum Gasteiger partial charge on any atom is -0.492 e. The summed E-state index contributed by atoms with van der Waals surface area (Å²) in [7, 11) is 1.65. The maximum absolute atomic E-state index is 6.20. The second-order valence-corrected chi connectivity index (χ2v) is 5.71. The highest BCUT2D eigenvalue weighted by molar-refractivity contribution is 6.35. The zero-order valence-corrected chi connectivity index (χ0v) is 14.0. The van der Waals surface area contributed by atoms with Gasteiger partial charge in [0.2, 0.25) is 0 Å². The largest absolute Gasteiger partial charge is 0.492 e. The van der Waals surface area contributed by atoms with Gasteiger partial charge in [-0.3, -0.25) is 0 Å². The molecule has 2 N–H and O–H groups in total. The molecule has 0 heterocycles. The second kappa shape index (κ2) is 10.2. The SMILES string of the molecule is COCCOCCCOc1c(Cl)cc(Cl)cc1CC(C)N. The first kappa shape index (κ1) is 18.5. The average Bonchev–Trinajstić information content (AvgIpc) is 2.39. The summed E-state index contributed by atoms with van der Waals surface area (Å²) in [6.45, 7) is 4.27. The average molecular weight is 336 g/mol. The Bertz CT molecular complexity index is 428. The Morgan fingerprint density at radius 2 is 1.90 bits per heavy atom. The number of rotatable bonds is 10. The van der Waals surface area contributed by atoms with E-state index in [0.29, 0.717) is 48.6 Å². The van der Waals surface area contributed by atoms with Crippen LogP contribution in [0.25, 0.3) is 0 Å². The van der Waals surface area contributed by atoms with Crippen molar-refractivity contribution < 1.29 is 14.2 Å². The lowest BCUT2D eigenvalue weighted by molar-refractivity contribution is 0.0644. The lowest BCUT2D eigenvalue weighted by Gasteiger charge is -2.15. The summed E-state index contributed by atoms with van der Waals surface area (Å²) >= 11 is 12.2. The molecule has 0 spiro atoms. The van der Waals surface area contributed by atoms with Crippen LogP contribution in [0.2, 0.25) is 10.0 Å². The smallest absolute Gasteiger partial charge is 0.141 e. The zero-order valence-electron chi connectivity index (χ0n) is 12.5. The fourth-order valence-electron chi connectivity index (χ4n) is 1.85. The molecule has 6 heteroatoms. The van der Waals surface area contributed by atoms with Crippen LogP contribution >= 0.6 is 23.2 Å². The number of ether oxygens (including phenoxy) is 3. The Hall–Kier alpha value is -0.520. The molecule has 1 aromatic rings. The molecule has 0 aliphatic rings. The molecule has 1 aromatic carbocycles. The summed E-state index contributed by atoms with van der Waals surface area (Å²) in [5.41, 5.74) is 6.78. The molecule has 1 rings (SSSR count). The molecule has 0 saturated carbocycles. The third kappa shape index (κ3) is 7.34. The highest BCUT2D eigenvalue weighted by atomic mass is 35.5. The number of hydrogen-bond acceptors (Lipinski definition) is 4. The Kier molecular flexibility index (Phi) is 9.04. The standard InChI is InChI=1S/C15H23Cl2NO3/c1-11(18)8-12-9-13(16)10-14(17)15(12)21-5-3-4-20-7-6-19-2/h9-11H,3-8,18H2,1-2H3. The van der Waals surface area contributed by atoms with Crippen LogP contribution in [0.3, 0.4) is 0 Å². The van der Waals surface area contributed by atoms with Crippen LogP contribution in [0, 0.1) is 0 Å². The molecule has 0 aliphatic carbocycles. The summed E-state index contributed by atoms with van der Waals surface area (Å²) < 4.78 is 16.0. The van der Waals surface area contributed by atoms with Crippen LogP contribution in [0.15, 0.2) is 12.1 Å². The van der Waals surface area contributed by atoms with E-state index in [1.807, 2.05) is 13.0 Å². The Labute approximate surface area is 136 Å². The second-order valence-electron chi connectivity index (χ2n) is 4.86. The van der Waals surface area contributed by atoms with Gasteiger partial charge in [-0.2, -0.15) is 0 Å². The molecule has 0 amide bonds. The third-order valence-corrected chi connectivity index (χ3v) is 3.24. The zero-order chi connectivity index (χ0) is 15.7. The van der Waals surface area contributed by atoms with Crippen molar-refractivity contribution in [3.05, 3.63) is 27.7 Å². The molecule has 0 fully saturated rings. The third-order valence-electron chi connectivity index (χ3n) is 2.74. The molecule has 4 nitrogen and oxygen atoms in total. The van der Waals surface area contributed by atoms with Crippen molar-refractivity contribution >= 4 is 23.2 Å². The monoisotopic (exact) mass is 335 g/mol. The van der Waals surface area contributed by atoms with Gasteiger partial charge in [0.15, 0.2) is 0 Å². The predicted octanol–water partition coefficient (Wildman–Crippen LogP) is 3.32. The Balaban J connectivity index is 2.49. The minimum absolute atomic E-state index is 0.0132. The van der Waals surface area contributed by atoms with Gasteiger partial charge in [0.05, 0.1) is 24.8 Å². The van der Waals surface area contributed by atoms with Crippen LogP contribution < -0.4 is 10.5 Å². The van der Waals surface area contributed by atoms with Crippen molar-refractivity contribution in [3.8, 4) is 5.75 Å². The summed E-state index contributed by atoms with van der Waals surface area (Å²) in [6, 6.07) is 3.54. The molecular weight excluding hydrogens is 313 g/mol. The van der Waals surface area contributed by atoms with Gasteiger partial charge in [-0.15, -0.1) is 0 Å². The number of methoxy groups -OCH3 is 1. The van der Waals surface area contributed by atoms with Crippen molar-refractivity contribution in [2.75, 3.05) is 33.5 Å². The minimum atomic E-state index is 0.0132. The molecule has 0 aliphatic heterocycles. The van der Waals surface area contributed by atoms with Gasteiger partial charge in [0.1, 0.15) is 5.75 Å². The van der Waals surface area contributed by atoms with E-state index in [9.17, 15) is 0 Å². The molecule has 21 heavy (non-hydrogen) atoms. The lowest BCUT2D eigenvalue weighted by Crippen LogP contribution is -2.18. The number of hydrogen-bond donors (Lipinski definition) is 1. The van der Waals surface area contributed by atoms with Gasteiger partial charge in [-0.05, 0) is 31.0 Å². The molecule has 0 radical (unpaired) electrons. The number of benzene rings is 1. The first-order valence-corrected chi connectivity index (χ1v) is 7.73. The molecular formula is C15H23Cl2NO3. The summed E-state index contributed by atoms with van der Waals surface area (Å²) in [6.07, 6.45) is 1.44. The predicted molar refractivity (Wildman–Crippen MR) is 86.6 cm³/mol. The van der Waals surface area contributed by atoms with Crippen LogP contribution in [0.1, 0.15) is 18.9 Å². The molecule has 0 saturated heterocycles. The Morgan fingerprint density at radius 3 is 2.57 bits per heavy atom. The van der Waals surface area contributed by atoms with E-state index in [2.05, 4.69) is 0 Å². The van der Waals surface area contributed by atoms with E-state index in [1.54, 1.807) is 13.2 Å². The normalized spacial score (nSPS) is 12.4. The number of halogens is 2. The van der Waals surface area contributed by atoms with Crippen molar-refractivity contribution in [3.63, 3.8) is 0 Å². The maximum atomic E-state index is 6.20. The molecule has 1 unspecified atom stereocenters. The quantitative estimate of drug-likeness (QED) is 0.666. The van der Waals surface area contributed by atoms with Crippen LogP contribution in [-0.2, 0) is 15.9 Å². The van der Waals surface area contributed by atoms with Gasteiger partial charge >= 0.3 is 0 Å². The topological polar surface area (TPSA) is 53.7 Å². The molecule has 0 aromatic heterocycles. The van der Waals surface area contributed by atoms with E-state index >= 15 is 0 Å². The fraction of sp³-hybridized carbons (Fsp3) is 0.600. The van der Waals surface area contributed by atoms with Gasteiger partial charge < -0.3 is 19.9 Å². The number of nitrogens with two attached hydrogens (primary N) is 1. The van der Waals surface area contributed by atoms with Crippen LogP contribution in [0.5, 0.6) is 5.75 Å². The maximum Gasteiger partial charge on any atom is 0.141 e. The van der Waals surface area contributed by atoms with Crippen molar-refractivity contribution in [2.45, 2.75) is 25.8 Å². The van der Waals surface area contributed by atoms with Gasteiger partial charge in [-0.25, -0.2) is 0 Å². The van der Waals surface area contributed by atoms with E-state index < -0.39 is 0 Å². The first-order chi connectivity index (χ1) is 10.0. The van der Waals surface area contributed by atoms with Crippen molar-refractivity contribution in [1.29, 1.82) is 0 Å². The Morgan fingerprint density at radius 1 is 1.14 bits per heavy atom. The molecule has 120 valence electrons. The van der Waals surface area contributed by atoms with E-state index in [1.165, 1.54) is 0 Å². The van der Waals surface area contributed by atoms with Crippen LogP contribution in [-0.4, -0.2) is 39.6 Å². The van der Waals surface area contributed by atoms with Gasteiger partial charge in [0.25, 0.3) is 0 Å². The van der Waals surface area contributed by atoms with Gasteiger partial charge in [-0.1, -0.05) is 23.2 Å². The highest BCUT2D eigenvalue weighted by Gasteiger charge is 2.12. The first-order valence-electron chi connectivity index (χ1n) is 6.97. The summed E-state index contributed by atoms with van der Waals surface area (Å²) in [5, 5.41) is 1.10. The van der Waals surface area contributed by atoms with E-state index in [0.717, 1.165) is 12.0 Å². The summed E-state index contributed by atoms with van der Waals surface area (Å²) in [4.78, 5) is 0. The van der Waals surface area contributed by atoms with E-state index in [4.69, 9.17) is 43.1 Å². The van der Waals surface area contributed by atoms with Gasteiger partial charge in [0, 0.05) is 31.2 Å².